The van der Waals surface area contributed by atoms with E-state index in [-0.39, 0.29) is 30.2 Å². The predicted octanol–water partition coefficient (Wildman–Crippen LogP) is 2.68. The Bertz CT molecular complexity index is 978. The Morgan fingerprint density at radius 3 is 2.82 bits per heavy atom. The zero-order valence-corrected chi connectivity index (χ0v) is 15.9. The summed E-state index contributed by atoms with van der Waals surface area (Å²) >= 11 is 0. The second kappa shape index (κ2) is 6.78. The van der Waals surface area contributed by atoms with Gasteiger partial charge in [0.2, 0.25) is 0 Å². The van der Waals surface area contributed by atoms with Crippen molar-refractivity contribution >= 4 is 29.3 Å². The third-order valence-corrected chi connectivity index (χ3v) is 5.33. The number of carbonyl (C=O) groups is 3. The van der Waals surface area contributed by atoms with Gasteiger partial charge in [0.15, 0.2) is 12.4 Å². The number of rotatable bonds is 3. The summed E-state index contributed by atoms with van der Waals surface area (Å²) in [6.45, 7) is 4.12. The molecule has 1 atom stereocenters. The molecule has 1 aromatic carbocycles. The molecule has 8 nitrogen and oxygen atoms in total. The Hall–Kier alpha value is -3.16. The Morgan fingerprint density at radius 1 is 1.29 bits per heavy atom. The van der Waals surface area contributed by atoms with E-state index in [2.05, 4.69) is 24.1 Å². The maximum absolute atomic E-state index is 12.6. The van der Waals surface area contributed by atoms with Crippen LogP contribution in [-0.2, 0) is 11.2 Å². The molecule has 1 N–H and O–H groups in total. The lowest BCUT2D eigenvalue weighted by molar-refractivity contribution is -0.120. The van der Waals surface area contributed by atoms with Gasteiger partial charge in [0.1, 0.15) is 17.2 Å². The first kappa shape index (κ1) is 18.2. The van der Waals surface area contributed by atoms with Crippen molar-refractivity contribution < 1.29 is 23.5 Å². The topological polar surface area (TPSA) is 102 Å². The van der Waals surface area contributed by atoms with Crippen LogP contribution in [-0.4, -0.2) is 36.2 Å². The summed E-state index contributed by atoms with van der Waals surface area (Å²) in [7, 11) is 1.63. The number of anilines is 2. The normalized spacial score (nSPS) is 18.6. The molecule has 0 bridgehead atoms. The molecule has 2 aromatic rings. The molecule has 0 spiro atoms. The van der Waals surface area contributed by atoms with Gasteiger partial charge in [-0.15, -0.1) is 0 Å². The van der Waals surface area contributed by atoms with Crippen molar-refractivity contribution in [1.29, 1.82) is 0 Å². The van der Waals surface area contributed by atoms with Gasteiger partial charge in [-0.05, 0) is 30.0 Å². The average Bonchev–Trinajstić information content (AvgIpc) is 3.07. The van der Waals surface area contributed by atoms with Crippen molar-refractivity contribution in [3.63, 3.8) is 0 Å². The number of likely N-dealkylation sites (N-methyl/N-ethyl adjacent to an activating group) is 1. The van der Waals surface area contributed by atoms with Crippen molar-refractivity contribution in [3.05, 3.63) is 35.2 Å². The largest absolute Gasteiger partial charge is 0.482 e. The minimum atomic E-state index is -0.444. The lowest BCUT2D eigenvalue weighted by Gasteiger charge is -2.26. The predicted molar refractivity (Wildman–Crippen MR) is 101 cm³/mol. The molecule has 1 unspecified atom stereocenters. The molecule has 2 amide bonds. The number of carbonyl (C=O) groups excluding carboxylic acids is 3. The van der Waals surface area contributed by atoms with Crippen molar-refractivity contribution in [3.8, 4) is 5.75 Å². The van der Waals surface area contributed by atoms with Crippen LogP contribution >= 0.6 is 0 Å². The first-order chi connectivity index (χ1) is 13.3. The molecular weight excluding hydrogens is 362 g/mol. The van der Waals surface area contributed by atoms with Crippen LogP contribution < -0.4 is 15.0 Å². The number of oxazole rings is 1. The SMILES string of the molecule is CC(C)C1CC(=O)c2nc(NC(=O)c3ccc4c(c3)N(C)C(=O)CO4)oc2C1. The monoisotopic (exact) mass is 383 g/mol. The number of benzene rings is 1. The van der Waals surface area contributed by atoms with Gasteiger partial charge in [-0.1, -0.05) is 13.8 Å². The molecule has 2 heterocycles. The molecule has 1 aliphatic heterocycles. The molecule has 28 heavy (non-hydrogen) atoms. The van der Waals surface area contributed by atoms with Gasteiger partial charge < -0.3 is 14.1 Å². The second-order valence-corrected chi connectivity index (χ2v) is 7.50. The first-order valence-electron chi connectivity index (χ1n) is 9.21. The van der Waals surface area contributed by atoms with E-state index in [4.69, 9.17) is 9.15 Å². The van der Waals surface area contributed by atoms with E-state index in [1.54, 1.807) is 25.2 Å². The van der Waals surface area contributed by atoms with E-state index < -0.39 is 5.91 Å². The number of Topliss-reactive ketones (excluding diaryl/α,β-unsaturated/α-hetero) is 1. The smallest absolute Gasteiger partial charge is 0.302 e. The van der Waals surface area contributed by atoms with Gasteiger partial charge in [-0.3, -0.25) is 19.7 Å². The summed E-state index contributed by atoms with van der Waals surface area (Å²) < 4.78 is 11.0. The summed E-state index contributed by atoms with van der Waals surface area (Å²) in [4.78, 5) is 42.3. The van der Waals surface area contributed by atoms with Crippen LogP contribution in [0.2, 0.25) is 0 Å². The maximum atomic E-state index is 12.6. The zero-order valence-electron chi connectivity index (χ0n) is 15.9. The summed E-state index contributed by atoms with van der Waals surface area (Å²) in [5, 5.41) is 2.60. The van der Waals surface area contributed by atoms with Crippen LogP contribution in [0, 0.1) is 11.8 Å². The number of amides is 2. The highest BCUT2D eigenvalue weighted by molar-refractivity contribution is 6.06. The van der Waals surface area contributed by atoms with E-state index >= 15 is 0 Å². The van der Waals surface area contributed by atoms with Gasteiger partial charge >= 0.3 is 6.01 Å². The molecule has 0 fully saturated rings. The molecule has 4 rings (SSSR count). The summed E-state index contributed by atoms with van der Waals surface area (Å²) in [6, 6.07) is 4.82. The van der Waals surface area contributed by atoms with E-state index in [0.29, 0.717) is 47.2 Å². The lowest BCUT2D eigenvalue weighted by atomic mass is 9.82. The van der Waals surface area contributed by atoms with E-state index in [1.165, 1.54) is 4.90 Å². The number of ether oxygens (including phenoxy) is 1. The van der Waals surface area contributed by atoms with Crippen LogP contribution in [0.1, 0.15) is 46.9 Å². The fourth-order valence-electron chi connectivity index (χ4n) is 3.46. The molecule has 0 saturated carbocycles. The number of ketones is 1. The Balaban J connectivity index is 1.55. The van der Waals surface area contributed by atoms with Crippen molar-refractivity contribution in [2.75, 3.05) is 23.9 Å². The Kier molecular flexibility index (Phi) is 4.41. The number of hydrogen-bond donors (Lipinski definition) is 1. The summed E-state index contributed by atoms with van der Waals surface area (Å²) in [5.74, 6) is 0.937. The Labute approximate surface area is 161 Å². The second-order valence-electron chi connectivity index (χ2n) is 7.50. The number of nitrogens with zero attached hydrogens (tertiary/aromatic N) is 2. The van der Waals surface area contributed by atoms with E-state index in [0.717, 1.165) is 0 Å². The number of fused-ring (bicyclic) bond motifs is 2. The standard InChI is InChI=1S/C20H21N3O5/c1-10(2)12-7-14(24)18-16(8-12)28-20(21-18)22-19(26)11-4-5-15-13(6-11)23(3)17(25)9-27-15/h4-6,10,12H,7-9H2,1-3H3,(H,21,22,26). The highest BCUT2D eigenvalue weighted by Gasteiger charge is 2.32. The zero-order chi connectivity index (χ0) is 20.0. The number of aromatic nitrogens is 1. The first-order valence-corrected chi connectivity index (χ1v) is 9.21. The molecule has 0 saturated heterocycles. The summed E-state index contributed by atoms with van der Waals surface area (Å²) in [5.41, 5.74) is 1.15. The lowest BCUT2D eigenvalue weighted by Crippen LogP contribution is -2.35. The molecule has 146 valence electrons. The third kappa shape index (κ3) is 3.15. The molecular formula is C20H21N3O5. The maximum Gasteiger partial charge on any atom is 0.302 e. The fraction of sp³-hybridized carbons (Fsp3) is 0.400. The van der Waals surface area contributed by atoms with Gasteiger partial charge in [0, 0.05) is 25.5 Å². The van der Waals surface area contributed by atoms with E-state index in [9.17, 15) is 14.4 Å². The van der Waals surface area contributed by atoms with Gasteiger partial charge in [-0.2, -0.15) is 4.98 Å². The van der Waals surface area contributed by atoms with Gasteiger partial charge in [0.25, 0.3) is 11.8 Å². The van der Waals surface area contributed by atoms with Crippen LogP contribution in [0.4, 0.5) is 11.7 Å². The molecule has 8 heteroatoms. The minimum Gasteiger partial charge on any atom is -0.482 e. The highest BCUT2D eigenvalue weighted by Crippen LogP contribution is 2.33. The molecule has 2 aliphatic rings. The van der Waals surface area contributed by atoms with Crippen LogP contribution in [0.5, 0.6) is 5.75 Å². The quantitative estimate of drug-likeness (QED) is 0.874. The molecule has 1 aliphatic carbocycles. The van der Waals surface area contributed by atoms with Crippen molar-refractivity contribution in [2.24, 2.45) is 11.8 Å². The number of nitrogens with one attached hydrogen (secondary N) is 1. The third-order valence-electron chi connectivity index (χ3n) is 5.33. The van der Waals surface area contributed by atoms with Crippen molar-refractivity contribution in [2.45, 2.75) is 26.7 Å². The average molecular weight is 383 g/mol. The minimum absolute atomic E-state index is 0.00570. The summed E-state index contributed by atoms with van der Waals surface area (Å²) in [6.07, 6.45) is 1.07. The van der Waals surface area contributed by atoms with Gasteiger partial charge in [0.05, 0.1) is 5.69 Å². The highest BCUT2D eigenvalue weighted by atomic mass is 16.5. The van der Waals surface area contributed by atoms with Gasteiger partial charge in [-0.25, -0.2) is 0 Å². The Morgan fingerprint density at radius 2 is 2.07 bits per heavy atom. The van der Waals surface area contributed by atoms with E-state index in [1.807, 2.05) is 0 Å². The fourth-order valence-corrected chi connectivity index (χ4v) is 3.46. The van der Waals surface area contributed by atoms with Crippen LogP contribution in [0.3, 0.4) is 0 Å². The van der Waals surface area contributed by atoms with Crippen LogP contribution in [0.15, 0.2) is 22.6 Å². The number of hydrogen-bond acceptors (Lipinski definition) is 6. The molecule has 0 radical (unpaired) electrons. The van der Waals surface area contributed by atoms with Crippen LogP contribution in [0.25, 0.3) is 0 Å². The van der Waals surface area contributed by atoms with Crippen molar-refractivity contribution in [1.82, 2.24) is 4.98 Å². The molecule has 1 aromatic heterocycles.